The van der Waals surface area contributed by atoms with Gasteiger partial charge in [0, 0.05) is 18.9 Å². The summed E-state index contributed by atoms with van der Waals surface area (Å²) in [5.41, 5.74) is 1.60. The molecular weight excluding hydrogens is 484 g/mol. The van der Waals surface area contributed by atoms with E-state index in [0.29, 0.717) is 11.1 Å². The number of fused-ring (bicyclic) bond motifs is 2. The van der Waals surface area contributed by atoms with Crippen molar-refractivity contribution in [1.29, 1.82) is 0 Å². The van der Waals surface area contributed by atoms with E-state index in [-0.39, 0.29) is 33.8 Å². The van der Waals surface area contributed by atoms with Crippen LogP contribution in [0.5, 0.6) is 11.5 Å². The third-order valence-corrected chi connectivity index (χ3v) is 6.34. The number of aliphatic hydroxyl groups excluding tert-OH is 2. The number of hydrogen-bond acceptors (Lipinski definition) is 10. The first-order valence-electron chi connectivity index (χ1n) is 11.6. The van der Waals surface area contributed by atoms with E-state index >= 15 is 0 Å². The third-order valence-electron chi connectivity index (χ3n) is 6.34. The summed E-state index contributed by atoms with van der Waals surface area (Å²) in [5, 5.41) is 43.4. The summed E-state index contributed by atoms with van der Waals surface area (Å²) < 4.78 is 16.4. The highest BCUT2D eigenvalue weighted by Crippen LogP contribution is 2.47. The molecule has 2 aromatic carbocycles. The molecule has 10 heteroatoms. The van der Waals surface area contributed by atoms with Gasteiger partial charge in [-0.1, -0.05) is 23.8 Å². The van der Waals surface area contributed by atoms with Crippen LogP contribution in [0.2, 0.25) is 0 Å². The van der Waals surface area contributed by atoms with Gasteiger partial charge in [0.05, 0.1) is 11.1 Å². The highest BCUT2D eigenvalue weighted by atomic mass is 16.7. The lowest BCUT2D eigenvalue weighted by Crippen LogP contribution is -2.61. The molecule has 2 aliphatic rings. The van der Waals surface area contributed by atoms with Crippen LogP contribution in [0.25, 0.3) is 0 Å². The average molecular weight is 513 g/mol. The van der Waals surface area contributed by atoms with E-state index in [1.807, 2.05) is 0 Å². The first-order chi connectivity index (χ1) is 17.4. The van der Waals surface area contributed by atoms with E-state index in [0.717, 1.165) is 6.92 Å². The number of carbonyl (C=O) groups is 3. The molecule has 0 radical (unpaired) electrons. The maximum absolute atomic E-state index is 13.3. The van der Waals surface area contributed by atoms with Crippen LogP contribution in [0.3, 0.4) is 0 Å². The zero-order chi connectivity index (χ0) is 27.2. The minimum absolute atomic E-state index is 0.0892. The van der Waals surface area contributed by atoms with Gasteiger partial charge >= 0.3 is 11.9 Å². The van der Waals surface area contributed by atoms with Gasteiger partial charge in [0.15, 0.2) is 12.2 Å². The van der Waals surface area contributed by atoms with E-state index in [9.17, 15) is 34.8 Å². The quantitative estimate of drug-likeness (QED) is 0.352. The highest BCUT2D eigenvalue weighted by Gasteiger charge is 2.53. The predicted octanol–water partition coefficient (Wildman–Crippen LogP) is 1.97. The van der Waals surface area contributed by atoms with Gasteiger partial charge in [0.2, 0.25) is 12.1 Å². The van der Waals surface area contributed by atoms with E-state index < -0.39 is 54.3 Å². The van der Waals surface area contributed by atoms with Crippen LogP contribution in [0, 0.1) is 6.92 Å². The number of esters is 2. The minimum Gasteiger partial charge on any atom is -0.507 e. The fourth-order valence-corrected chi connectivity index (χ4v) is 4.94. The van der Waals surface area contributed by atoms with Crippen molar-refractivity contribution in [3.63, 3.8) is 0 Å². The predicted molar refractivity (Wildman–Crippen MR) is 128 cm³/mol. The van der Waals surface area contributed by atoms with Crippen LogP contribution in [-0.4, -0.2) is 68.9 Å². The van der Waals surface area contributed by atoms with Crippen molar-refractivity contribution in [3.05, 3.63) is 69.8 Å². The molecule has 0 bridgehead atoms. The Labute approximate surface area is 212 Å². The topological polar surface area (TPSA) is 160 Å². The molecule has 1 aliphatic carbocycles. The van der Waals surface area contributed by atoms with Gasteiger partial charge in [0.25, 0.3) is 0 Å². The van der Waals surface area contributed by atoms with Crippen LogP contribution >= 0.6 is 0 Å². The highest BCUT2D eigenvalue weighted by molar-refractivity contribution is 6.16. The summed E-state index contributed by atoms with van der Waals surface area (Å²) in [6, 6.07) is 7.42. The molecule has 1 heterocycles. The van der Waals surface area contributed by atoms with Gasteiger partial charge in [-0.25, -0.2) is 4.79 Å². The second-order valence-corrected chi connectivity index (χ2v) is 9.48. The van der Waals surface area contributed by atoms with E-state index in [1.165, 1.54) is 24.3 Å². The van der Waals surface area contributed by atoms with Gasteiger partial charge in [-0.2, -0.15) is 0 Å². The molecule has 4 N–H and O–H groups in total. The molecule has 1 saturated heterocycles. The Kier molecular flexibility index (Phi) is 7.09. The fraction of sp³-hybridized carbons (Fsp3) is 0.370. The molecule has 37 heavy (non-hydrogen) atoms. The van der Waals surface area contributed by atoms with Crippen LogP contribution < -0.4 is 0 Å². The number of ketones is 1. The number of phenolic OH excluding ortho intramolecular Hbond substituents is 2. The molecule has 0 amide bonds. The summed E-state index contributed by atoms with van der Waals surface area (Å²) in [6.45, 7) is 6.13. The molecule has 2 aromatic rings. The lowest BCUT2D eigenvalue weighted by molar-refractivity contribution is -0.291. The molecule has 4 rings (SSSR count). The average Bonchev–Trinajstić information content (AvgIpc) is 2.78. The number of aryl methyl sites for hydroxylation is 1. The Morgan fingerprint density at radius 1 is 0.946 bits per heavy atom. The molecular formula is C27H28O10. The van der Waals surface area contributed by atoms with Gasteiger partial charge in [-0.05, 0) is 49.6 Å². The van der Waals surface area contributed by atoms with Gasteiger partial charge in [0.1, 0.15) is 23.7 Å². The summed E-state index contributed by atoms with van der Waals surface area (Å²) in [4.78, 5) is 37.5. The number of rotatable bonds is 4. The number of aliphatic hydroxyl groups is 2. The molecule has 0 spiro atoms. The van der Waals surface area contributed by atoms with Crippen molar-refractivity contribution in [2.75, 3.05) is 0 Å². The first-order valence-corrected chi connectivity index (χ1v) is 11.6. The maximum Gasteiger partial charge on any atom is 0.331 e. The number of aromatic hydroxyl groups is 2. The number of hydrogen-bond donors (Lipinski definition) is 4. The van der Waals surface area contributed by atoms with Crippen LogP contribution in [0.1, 0.15) is 59.3 Å². The lowest BCUT2D eigenvalue weighted by atomic mass is 9.71. The Balaban J connectivity index is 1.89. The molecule has 6 atom stereocenters. The van der Waals surface area contributed by atoms with Crippen molar-refractivity contribution >= 4 is 17.7 Å². The lowest BCUT2D eigenvalue weighted by Gasteiger charge is -2.45. The number of allylic oxidation sites excluding steroid dienone is 1. The van der Waals surface area contributed by atoms with Crippen LogP contribution in [-0.2, 0) is 23.8 Å². The second kappa shape index (κ2) is 9.97. The van der Waals surface area contributed by atoms with E-state index in [2.05, 4.69) is 0 Å². The Morgan fingerprint density at radius 2 is 1.62 bits per heavy atom. The molecule has 0 unspecified atom stereocenters. The maximum atomic E-state index is 13.3. The summed E-state index contributed by atoms with van der Waals surface area (Å²) >= 11 is 0. The number of ether oxygens (including phenoxy) is 3. The van der Waals surface area contributed by atoms with Crippen LogP contribution in [0.15, 0.2) is 42.0 Å². The Bertz CT molecular complexity index is 1290. The monoisotopic (exact) mass is 512 g/mol. The Morgan fingerprint density at radius 3 is 2.27 bits per heavy atom. The SMILES string of the molecule is CC(=O)O[C@@H]1O[C@@H]([C@@H]2c3cccc(O)c3C(=O)c3c(O)cc(C)cc32)[C@@H](O)[C@@H](OC(=O)C=C(C)C)[C@H]1O. The van der Waals surface area contributed by atoms with E-state index in [4.69, 9.17) is 14.2 Å². The largest absolute Gasteiger partial charge is 0.507 e. The molecule has 1 aliphatic heterocycles. The first kappa shape index (κ1) is 26.3. The zero-order valence-corrected chi connectivity index (χ0v) is 20.7. The van der Waals surface area contributed by atoms with Crippen molar-refractivity contribution in [3.8, 4) is 11.5 Å². The molecule has 196 valence electrons. The van der Waals surface area contributed by atoms with Crippen molar-refractivity contribution in [2.45, 2.75) is 64.3 Å². The van der Waals surface area contributed by atoms with Crippen molar-refractivity contribution in [1.82, 2.24) is 0 Å². The van der Waals surface area contributed by atoms with Crippen molar-refractivity contribution in [2.24, 2.45) is 0 Å². The molecule has 1 fully saturated rings. The van der Waals surface area contributed by atoms with Crippen LogP contribution in [0.4, 0.5) is 0 Å². The number of phenols is 2. The zero-order valence-electron chi connectivity index (χ0n) is 20.7. The van der Waals surface area contributed by atoms with Crippen molar-refractivity contribution < 1.29 is 49.0 Å². The third kappa shape index (κ3) is 4.83. The van der Waals surface area contributed by atoms with Gasteiger partial charge in [-0.3, -0.25) is 9.59 Å². The summed E-state index contributed by atoms with van der Waals surface area (Å²) in [7, 11) is 0. The second-order valence-electron chi connectivity index (χ2n) is 9.48. The smallest absolute Gasteiger partial charge is 0.331 e. The number of benzene rings is 2. The minimum atomic E-state index is -1.73. The van der Waals surface area contributed by atoms with Gasteiger partial charge in [-0.15, -0.1) is 0 Å². The molecule has 10 nitrogen and oxygen atoms in total. The Hall–Kier alpha value is -3.73. The fourth-order valence-electron chi connectivity index (χ4n) is 4.94. The standard InChI is InChI=1S/C27H28O10/c1-11(2)8-18(31)36-26-23(33)25(37-27(24(26)34)35-13(4)28)19-14-6-5-7-16(29)20(14)22(32)21-15(19)9-12(3)10-17(21)30/h5-10,19,23-27,29-30,33-34H,1-4H3/t19-,23-,24-,25+,26-,27-/m1/s1. The summed E-state index contributed by atoms with van der Waals surface area (Å²) in [6.07, 6.45) is -6.77. The molecule has 0 aromatic heterocycles. The summed E-state index contributed by atoms with van der Waals surface area (Å²) in [5.74, 6) is -3.91. The normalized spacial score (nSPS) is 26.5. The van der Waals surface area contributed by atoms with E-state index in [1.54, 1.807) is 32.9 Å². The molecule has 0 saturated carbocycles. The van der Waals surface area contributed by atoms with Gasteiger partial charge < -0.3 is 34.6 Å². The number of carbonyl (C=O) groups excluding carboxylic acids is 3.